The third kappa shape index (κ3) is 3.39. The van der Waals surface area contributed by atoms with Gasteiger partial charge in [-0.05, 0) is 26.3 Å². The molecule has 1 aliphatic heterocycles. The van der Waals surface area contributed by atoms with Crippen LogP contribution in [-0.2, 0) is 14.6 Å². The summed E-state index contributed by atoms with van der Waals surface area (Å²) >= 11 is 1.28. The van der Waals surface area contributed by atoms with Crippen LogP contribution in [0.2, 0.25) is 0 Å². The summed E-state index contributed by atoms with van der Waals surface area (Å²) in [5.74, 6) is 0.785. The Labute approximate surface area is 144 Å². The van der Waals surface area contributed by atoms with E-state index in [2.05, 4.69) is 15.2 Å². The van der Waals surface area contributed by atoms with E-state index in [-0.39, 0.29) is 29.2 Å². The standard InChI is InChI=1S/C14H19N5O3S2/c1-9-6-10(2)19-13(15-9)16-17-14(19)23-7-12(20)18(3)11-4-5-24(21,22)8-11/h6,11H,4-5,7-8H2,1-3H3/t11-/m1/s1. The molecule has 3 rings (SSSR count). The highest BCUT2D eigenvalue weighted by atomic mass is 32.2. The van der Waals surface area contributed by atoms with Crippen LogP contribution >= 0.6 is 11.8 Å². The summed E-state index contributed by atoms with van der Waals surface area (Å²) in [7, 11) is -1.35. The molecule has 0 spiro atoms. The van der Waals surface area contributed by atoms with Gasteiger partial charge in [-0.15, -0.1) is 10.2 Å². The van der Waals surface area contributed by atoms with E-state index in [1.165, 1.54) is 16.7 Å². The molecule has 0 saturated carbocycles. The molecule has 24 heavy (non-hydrogen) atoms. The number of sulfone groups is 1. The zero-order valence-corrected chi connectivity index (χ0v) is 15.4. The average Bonchev–Trinajstić information content (AvgIpc) is 3.07. The number of rotatable bonds is 4. The van der Waals surface area contributed by atoms with Gasteiger partial charge in [-0.2, -0.15) is 0 Å². The molecule has 8 nitrogen and oxygen atoms in total. The van der Waals surface area contributed by atoms with Crippen LogP contribution in [-0.4, -0.2) is 69.2 Å². The van der Waals surface area contributed by atoms with E-state index in [9.17, 15) is 13.2 Å². The summed E-state index contributed by atoms with van der Waals surface area (Å²) in [5, 5.41) is 8.74. The Morgan fingerprint density at radius 3 is 2.83 bits per heavy atom. The normalized spacial score (nSPS) is 19.7. The number of carbonyl (C=O) groups excluding carboxylic acids is 1. The first kappa shape index (κ1) is 17.2. The first-order valence-electron chi connectivity index (χ1n) is 7.55. The lowest BCUT2D eigenvalue weighted by molar-refractivity contribution is -0.128. The summed E-state index contributed by atoms with van der Waals surface area (Å²) < 4.78 is 24.9. The minimum Gasteiger partial charge on any atom is -0.341 e. The molecule has 1 saturated heterocycles. The van der Waals surface area contributed by atoms with Crippen LogP contribution < -0.4 is 0 Å². The fraction of sp³-hybridized carbons (Fsp3) is 0.571. The van der Waals surface area contributed by atoms with Crippen LogP contribution in [0.3, 0.4) is 0 Å². The molecule has 3 heterocycles. The number of aryl methyl sites for hydroxylation is 2. The van der Waals surface area contributed by atoms with Gasteiger partial charge in [0, 0.05) is 24.5 Å². The Morgan fingerprint density at radius 2 is 2.17 bits per heavy atom. The van der Waals surface area contributed by atoms with Crippen molar-refractivity contribution >= 4 is 33.3 Å². The Hall–Kier alpha value is -1.68. The van der Waals surface area contributed by atoms with Crippen molar-refractivity contribution in [1.29, 1.82) is 0 Å². The predicted octanol–water partition coefficient (Wildman–Crippen LogP) is 0.479. The van der Waals surface area contributed by atoms with Gasteiger partial charge < -0.3 is 4.90 Å². The van der Waals surface area contributed by atoms with Crippen LogP contribution in [0.5, 0.6) is 0 Å². The third-order valence-electron chi connectivity index (χ3n) is 4.14. The van der Waals surface area contributed by atoms with Crippen molar-refractivity contribution in [3.8, 4) is 0 Å². The van der Waals surface area contributed by atoms with E-state index in [0.29, 0.717) is 17.4 Å². The van der Waals surface area contributed by atoms with E-state index in [4.69, 9.17) is 0 Å². The second-order valence-corrected chi connectivity index (χ2v) is 9.18. The Morgan fingerprint density at radius 1 is 1.42 bits per heavy atom. The topological polar surface area (TPSA) is 97.5 Å². The lowest BCUT2D eigenvalue weighted by atomic mass is 10.2. The van der Waals surface area contributed by atoms with Crippen molar-refractivity contribution in [3.63, 3.8) is 0 Å². The Kier molecular flexibility index (Phi) is 4.52. The minimum absolute atomic E-state index is 0.0517. The van der Waals surface area contributed by atoms with Crippen molar-refractivity contribution in [2.75, 3.05) is 24.3 Å². The van der Waals surface area contributed by atoms with Gasteiger partial charge in [0.05, 0.1) is 17.3 Å². The highest BCUT2D eigenvalue weighted by molar-refractivity contribution is 7.99. The summed E-state index contributed by atoms with van der Waals surface area (Å²) in [6, 6.07) is 1.70. The van der Waals surface area contributed by atoms with Gasteiger partial charge in [-0.25, -0.2) is 13.4 Å². The number of fused-ring (bicyclic) bond motifs is 1. The molecule has 1 amide bonds. The zero-order valence-electron chi connectivity index (χ0n) is 13.8. The highest BCUT2D eigenvalue weighted by Crippen LogP contribution is 2.21. The summed E-state index contributed by atoms with van der Waals surface area (Å²) in [5.41, 5.74) is 1.81. The average molecular weight is 369 g/mol. The number of amides is 1. The number of thioether (sulfide) groups is 1. The molecule has 0 radical (unpaired) electrons. The van der Waals surface area contributed by atoms with E-state index in [1.54, 1.807) is 7.05 Å². The quantitative estimate of drug-likeness (QED) is 0.723. The van der Waals surface area contributed by atoms with Crippen LogP contribution in [0.25, 0.3) is 5.78 Å². The van der Waals surface area contributed by atoms with Gasteiger partial charge in [-0.1, -0.05) is 11.8 Å². The van der Waals surface area contributed by atoms with Crippen LogP contribution in [0.1, 0.15) is 17.8 Å². The molecule has 130 valence electrons. The second kappa shape index (κ2) is 6.32. The van der Waals surface area contributed by atoms with Crippen molar-refractivity contribution in [2.24, 2.45) is 0 Å². The fourth-order valence-corrected chi connectivity index (χ4v) is 5.49. The van der Waals surface area contributed by atoms with E-state index >= 15 is 0 Å². The predicted molar refractivity (Wildman–Crippen MR) is 90.8 cm³/mol. The largest absolute Gasteiger partial charge is 0.341 e. The van der Waals surface area contributed by atoms with E-state index < -0.39 is 9.84 Å². The SMILES string of the molecule is Cc1cc(C)n2c(SCC(=O)N(C)[C@@H]3CCS(=O)(=O)C3)nnc2n1. The van der Waals surface area contributed by atoms with Gasteiger partial charge >= 0.3 is 0 Å². The third-order valence-corrected chi connectivity index (χ3v) is 6.80. The van der Waals surface area contributed by atoms with Crippen molar-refractivity contribution in [3.05, 3.63) is 17.5 Å². The molecular weight excluding hydrogens is 350 g/mol. The Balaban J connectivity index is 1.69. The second-order valence-electron chi connectivity index (χ2n) is 6.01. The van der Waals surface area contributed by atoms with Gasteiger partial charge in [0.15, 0.2) is 15.0 Å². The maximum Gasteiger partial charge on any atom is 0.256 e. The molecule has 2 aromatic heterocycles. The van der Waals surface area contributed by atoms with Crippen LogP contribution in [0, 0.1) is 13.8 Å². The number of hydrogen-bond acceptors (Lipinski definition) is 7. The smallest absolute Gasteiger partial charge is 0.256 e. The maximum absolute atomic E-state index is 12.3. The maximum atomic E-state index is 12.3. The van der Waals surface area contributed by atoms with Crippen molar-refractivity contribution < 1.29 is 13.2 Å². The minimum atomic E-state index is -3.01. The molecule has 0 unspecified atom stereocenters. The summed E-state index contributed by atoms with van der Waals surface area (Å²) in [4.78, 5) is 18.2. The molecule has 0 aliphatic carbocycles. The van der Waals surface area contributed by atoms with E-state index in [1.807, 2.05) is 24.3 Å². The summed E-state index contributed by atoms with van der Waals surface area (Å²) in [6.45, 7) is 3.83. The lowest BCUT2D eigenvalue weighted by Gasteiger charge is -2.23. The molecular formula is C14H19N5O3S2. The van der Waals surface area contributed by atoms with Crippen molar-refractivity contribution in [2.45, 2.75) is 31.5 Å². The van der Waals surface area contributed by atoms with Gasteiger partial charge in [0.25, 0.3) is 5.78 Å². The number of carbonyl (C=O) groups is 1. The molecule has 1 aliphatic rings. The molecule has 0 aromatic carbocycles. The molecule has 2 aromatic rings. The molecule has 1 atom stereocenters. The number of nitrogens with zero attached hydrogens (tertiary/aromatic N) is 5. The molecule has 0 bridgehead atoms. The highest BCUT2D eigenvalue weighted by Gasteiger charge is 2.32. The van der Waals surface area contributed by atoms with Gasteiger partial charge in [-0.3, -0.25) is 9.20 Å². The first-order valence-corrected chi connectivity index (χ1v) is 10.4. The zero-order chi connectivity index (χ0) is 17.5. The Bertz CT molecular complexity index is 893. The molecule has 1 fully saturated rings. The van der Waals surface area contributed by atoms with Gasteiger partial charge in [0.2, 0.25) is 5.91 Å². The summed E-state index contributed by atoms with van der Waals surface area (Å²) in [6.07, 6.45) is 0.505. The first-order chi connectivity index (χ1) is 11.3. The fourth-order valence-electron chi connectivity index (χ4n) is 2.81. The van der Waals surface area contributed by atoms with Gasteiger partial charge in [0.1, 0.15) is 0 Å². The molecule has 0 N–H and O–H groups in total. The van der Waals surface area contributed by atoms with Crippen LogP contribution in [0.4, 0.5) is 0 Å². The van der Waals surface area contributed by atoms with Crippen molar-refractivity contribution in [1.82, 2.24) is 24.5 Å². The van der Waals surface area contributed by atoms with E-state index in [0.717, 1.165) is 11.4 Å². The lowest BCUT2D eigenvalue weighted by Crippen LogP contribution is -2.38. The van der Waals surface area contributed by atoms with Crippen LogP contribution in [0.15, 0.2) is 11.2 Å². The number of aromatic nitrogens is 4. The monoisotopic (exact) mass is 369 g/mol. The molecule has 10 heteroatoms. The number of hydrogen-bond donors (Lipinski definition) is 0.